The number of esters is 1. The van der Waals surface area contributed by atoms with Crippen LogP contribution in [-0.4, -0.2) is 33.0 Å². The van der Waals surface area contributed by atoms with Crippen LogP contribution < -0.4 is 4.90 Å². The van der Waals surface area contributed by atoms with Crippen molar-refractivity contribution in [3.05, 3.63) is 132 Å². The van der Waals surface area contributed by atoms with Gasteiger partial charge in [0, 0.05) is 53.9 Å². The quantitative estimate of drug-likeness (QED) is 0.212. The van der Waals surface area contributed by atoms with E-state index in [0.29, 0.717) is 57.9 Å². The van der Waals surface area contributed by atoms with Crippen LogP contribution in [0.5, 0.6) is 0 Å². The number of fused-ring (bicyclic) bond motifs is 1. The minimum absolute atomic E-state index is 0.296. The molecule has 0 bridgehead atoms. The van der Waals surface area contributed by atoms with Crippen molar-refractivity contribution in [2.24, 2.45) is 0 Å². The zero-order chi connectivity index (χ0) is 28.2. The summed E-state index contributed by atoms with van der Waals surface area (Å²) in [4.78, 5) is 31.3. The molecule has 0 unspecified atom stereocenters. The number of hydrogen-bond acceptors (Lipinski definition) is 6. The van der Waals surface area contributed by atoms with Gasteiger partial charge in [0.05, 0.1) is 30.1 Å². The Kier molecular flexibility index (Phi) is 7.19. The van der Waals surface area contributed by atoms with Crippen LogP contribution in [0.15, 0.2) is 110 Å². The van der Waals surface area contributed by atoms with Crippen LogP contribution in [0.1, 0.15) is 21.5 Å². The van der Waals surface area contributed by atoms with Gasteiger partial charge < -0.3 is 14.6 Å². The summed E-state index contributed by atoms with van der Waals surface area (Å²) in [5.74, 6) is -0.307. The van der Waals surface area contributed by atoms with Crippen molar-refractivity contribution >= 4 is 22.7 Å². The summed E-state index contributed by atoms with van der Waals surface area (Å²) in [5, 5.41) is 0.598. The van der Waals surface area contributed by atoms with Crippen molar-refractivity contribution in [1.29, 1.82) is 0 Å². The van der Waals surface area contributed by atoms with Gasteiger partial charge in [0.25, 0.3) is 0 Å². The second kappa shape index (κ2) is 11.4. The van der Waals surface area contributed by atoms with Gasteiger partial charge in [0.1, 0.15) is 5.82 Å². The lowest BCUT2D eigenvalue weighted by Crippen LogP contribution is -2.24. The van der Waals surface area contributed by atoms with Gasteiger partial charge in [-0.2, -0.15) is 0 Å². The molecule has 0 fully saturated rings. The fourth-order valence-corrected chi connectivity index (χ4v) is 4.91. The molecule has 202 valence electrons. The minimum atomic E-state index is -0.518. The topological polar surface area (TPSA) is 84.0 Å². The monoisotopic (exact) mass is 543 g/mol. The first-order chi connectivity index (χ1) is 20.1. The lowest BCUT2D eigenvalue weighted by molar-refractivity contribution is 0.0602. The number of H-pyrrole nitrogens is 1. The molecule has 0 aliphatic heterocycles. The van der Waals surface area contributed by atoms with Gasteiger partial charge in [-0.3, -0.25) is 9.97 Å². The molecule has 41 heavy (non-hydrogen) atoms. The van der Waals surface area contributed by atoms with Crippen molar-refractivity contribution < 1.29 is 13.9 Å². The first-order valence-corrected chi connectivity index (χ1v) is 13.1. The molecule has 0 spiro atoms. The molecule has 0 radical (unpaired) electrons. The number of ether oxygens (including phenoxy) is 1. The van der Waals surface area contributed by atoms with Gasteiger partial charge in [-0.15, -0.1) is 0 Å². The Balaban J connectivity index is 1.48. The Morgan fingerprint density at radius 1 is 0.878 bits per heavy atom. The van der Waals surface area contributed by atoms with Crippen molar-refractivity contribution in [3.8, 4) is 22.5 Å². The summed E-state index contributed by atoms with van der Waals surface area (Å²) in [5.41, 5.74) is 5.18. The zero-order valence-electron chi connectivity index (χ0n) is 22.3. The summed E-state index contributed by atoms with van der Waals surface area (Å²) >= 11 is 0. The average molecular weight is 544 g/mol. The van der Waals surface area contributed by atoms with E-state index >= 15 is 4.39 Å². The number of nitrogens with zero attached hydrogens (tertiary/aromatic N) is 4. The summed E-state index contributed by atoms with van der Waals surface area (Å²) in [6, 6.07) is 26.9. The van der Waals surface area contributed by atoms with Gasteiger partial charge in [-0.1, -0.05) is 66.7 Å². The number of carbonyl (C=O) groups excluding carboxylic acids is 1. The number of anilines is 1. The van der Waals surface area contributed by atoms with Crippen LogP contribution in [0.2, 0.25) is 0 Å². The third-order valence-corrected chi connectivity index (χ3v) is 6.90. The molecule has 0 saturated carbocycles. The molecule has 0 saturated heterocycles. The third-order valence-electron chi connectivity index (χ3n) is 6.90. The predicted molar refractivity (Wildman–Crippen MR) is 157 cm³/mol. The molecule has 0 aliphatic carbocycles. The molecule has 3 aromatic carbocycles. The second-order valence-corrected chi connectivity index (χ2v) is 9.57. The first-order valence-electron chi connectivity index (χ1n) is 13.1. The number of carbonyl (C=O) groups is 1. The molecule has 3 heterocycles. The Morgan fingerprint density at radius 3 is 2.20 bits per heavy atom. The van der Waals surface area contributed by atoms with Crippen molar-refractivity contribution in [1.82, 2.24) is 19.9 Å². The van der Waals surface area contributed by atoms with E-state index in [1.165, 1.54) is 19.4 Å². The Hall–Kier alpha value is -5.37. The highest BCUT2D eigenvalue weighted by Crippen LogP contribution is 2.35. The number of rotatable bonds is 8. The smallest absolute Gasteiger partial charge is 0.340 e. The van der Waals surface area contributed by atoms with E-state index in [1.807, 2.05) is 36.4 Å². The largest absolute Gasteiger partial charge is 0.465 e. The highest BCUT2D eigenvalue weighted by molar-refractivity contribution is 6.07. The molecule has 7 nitrogen and oxygen atoms in total. The van der Waals surface area contributed by atoms with E-state index in [9.17, 15) is 4.79 Å². The highest BCUT2D eigenvalue weighted by Gasteiger charge is 2.22. The van der Waals surface area contributed by atoms with Gasteiger partial charge in [0.2, 0.25) is 0 Å². The first kappa shape index (κ1) is 25.9. The standard InChI is InChI=1S/C33H26FN5O2/c1-41-33(40)27-18-37-32(39(20-22-8-4-2-5-9-22)21-23-10-6-3-7-11-23)31-26(27)17-29(38-31)25-13-12-24(16-28(25)34)30-19-35-14-15-36-30/h2-19,38H,20-21H2,1H3. The normalized spacial score (nSPS) is 11.0. The van der Waals surface area contributed by atoms with E-state index in [0.717, 1.165) is 11.1 Å². The van der Waals surface area contributed by atoms with Gasteiger partial charge in [0.15, 0.2) is 5.82 Å². The van der Waals surface area contributed by atoms with Gasteiger partial charge >= 0.3 is 5.97 Å². The fourth-order valence-electron chi connectivity index (χ4n) is 4.91. The number of methoxy groups -OCH3 is 1. The Morgan fingerprint density at radius 2 is 1.59 bits per heavy atom. The van der Waals surface area contributed by atoms with E-state index in [-0.39, 0.29) is 0 Å². The number of halogens is 1. The third kappa shape index (κ3) is 5.40. The number of aromatic nitrogens is 4. The maximum absolute atomic E-state index is 15.5. The van der Waals surface area contributed by atoms with Crippen LogP contribution in [0.3, 0.4) is 0 Å². The highest BCUT2D eigenvalue weighted by atomic mass is 19.1. The number of pyridine rings is 1. The van der Waals surface area contributed by atoms with Crippen LogP contribution in [-0.2, 0) is 17.8 Å². The molecule has 6 rings (SSSR count). The molecule has 0 atom stereocenters. The van der Waals surface area contributed by atoms with Crippen LogP contribution in [0.4, 0.5) is 10.2 Å². The molecule has 0 aliphatic rings. The van der Waals surface area contributed by atoms with E-state index < -0.39 is 11.8 Å². The number of aromatic amines is 1. The lowest BCUT2D eigenvalue weighted by atomic mass is 10.1. The molecule has 6 aromatic rings. The molecule has 0 amide bonds. The molecular weight excluding hydrogens is 517 g/mol. The van der Waals surface area contributed by atoms with Gasteiger partial charge in [-0.05, 0) is 29.3 Å². The van der Waals surface area contributed by atoms with Gasteiger partial charge in [-0.25, -0.2) is 14.2 Å². The predicted octanol–water partition coefficient (Wildman–Crippen LogP) is 6.82. The van der Waals surface area contributed by atoms with Crippen LogP contribution in [0, 0.1) is 5.82 Å². The Bertz CT molecular complexity index is 1770. The van der Waals surface area contributed by atoms with Crippen LogP contribution >= 0.6 is 0 Å². The van der Waals surface area contributed by atoms with E-state index in [1.54, 1.807) is 36.8 Å². The summed E-state index contributed by atoms with van der Waals surface area (Å²) in [7, 11) is 1.33. The number of nitrogens with one attached hydrogen (secondary N) is 1. The maximum Gasteiger partial charge on any atom is 0.340 e. The van der Waals surface area contributed by atoms with Crippen molar-refractivity contribution in [2.45, 2.75) is 13.1 Å². The van der Waals surface area contributed by atoms with E-state index in [4.69, 9.17) is 9.72 Å². The fraction of sp³-hybridized carbons (Fsp3) is 0.0909. The van der Waals surface area contributed by atoms with Crippen LogP contribution in [0.25, 0.3) is 33.4 Å². The zero-order valence-corrected chi connectivity index (χ0v) is 22.3. The molecule has 8 heteroatoms. The SMILES string of the molecule is COC(=O)c1cnc(N(Cc2ccccc2)Cc2ccccc2)c2[nH]c(-c3ccc(-c4cnccn4)cc3F)cc12. The maximum atomic E-state index is 15.5. The number of benzene rings is 3. The minimum Gasteiger partial charge on any atom is -0.465 e. The van der Waals surface area contributed by atoms with Crippen molar-refractivity contribution in [2.75, 3.05) is 12.0 Å². The summed E-state index contributed by atoms with van der Waals surface area (Å²) in [6.45, 7) is 1.15. The molecule has 3 aromatic heterocycles. The summed E-state index contributed by atoms with van der Waals surface area (Å²) in [6.07, 6.45) is 6.25. The Labute approximate surface area is 236 Å². The van der Waals surface area contributed by atoms with E-state index in [2.05, 4.69) is 44.1 Å². The molecular formula is C33H26FN5O2. The lowest BCUT2D eigenvalue weighted by Gasteiger charge is -2.25. The van der Waals surface area contributed by atoms with Crippen molar-refractivity contribution in [3.63, 3.8) is 0 Å². The second-order valence-electron chi connectivity index (χ2n) is 9.57. The summed E-state index contributed by atoms with van der Waals surface area (Å²) < 4.78 is 20.6. The molecule has 1 N–H and O–H groups in total. The average Bonchev–Trinajstić information content (AvgIpc) is 3.46. The number of hydrogen-bond donors (Lipinski definition) is 1.